The van der Waals surface area contributed by atoms with E-state index in [1.165, 1.54) is 4.31 Å². The second kappa shape index (κ2) is 4.44. The number of furan rings is 1. The Morgan fingerprint density at radius 1 is 1.35 bits per heavy atom. The Kier molecular flexibility index (Phi) is 3.29. The van der Waals surface area contributed by atoms with Gasteiger partial charge in [-0.3, -0.25) is 0 Å². The molecule has 0 aliphatic carbocycles. The van der Waals surface area contributed by atoms with Gasteiger partial charge >= 0.3 is 0 Å². The third-order valence-electron chi connectivity index (χ3n) is 3.11. The average Bonchev–Trinajstić information content (AvgIpc) is 2.59. The maximum atomic E-state index is 12.4. The fourth-order valence-corrected chi connectivity index (χ4v) is 3.81. The summed E-state index contributed by atoms with van der Waals surface area (Å²) >= 11 is 0. The number of rotatable bonds is 2. The van der Waals surface area contributed by atoms with Gasteiger partial charge in [0.15, 0.2) is 0 Å². The minimum absolute atomic E-state index is 0.119. The second-order valence-corrected chi connectivity index (χ2v) is 6.43. The summed E-state index contributed by atoms with van der Waals surface area (Å²) in [6.45, 7) is 4.41. The molecule has 6 heteroatoms. The fourth-order valence-electron chi connectivity index (χ4n) is 2.12. The van der Waals surface area contributed by atoms with Crippen LogP contribution < -0.4 is 5.73 Å². The van der Waals surface area contributed by atoms with Crippen molar-refractivity contribution in [2.24, 2.45) is 5.73 Å². The molecule has 0 spiro atoms. The van der Waals surface area contributed by atoms with Gasteiger partial charge in [0.2, 0.25) is 10.0 Å². The molecule has 0 atom stereocenters. The number of piperidine rings is 1. The molecule has 1 aromatic heterocycles. The molecule has 5 nitrogen and oxygen atoms in total. The van der Waals surface area contributed by atoms with Crippen molar-refractivity contribution < 1.29 is 12.8 Å². The SMILES string of the molecule is Cc1cc(S(=O)(=O)N2CCC(N)CC2)c(C)o1. The molecule has 0 saturated carbocycles. The smallest absolute Gasteiger partial charge is 0.246 e. The summed E-state index contributed by atoms with van der Waals surface area (Å²) in [5.41, 5.74) is 5.77. The predicted octanol–water partition coefficient (Wildman–Crippen LogP) is 1.01. The third kappa shape index (κ3) is 2.38. The molecule has 1 saturated heterocycles. The topological polar surface area (TPSA) is 76.5 Å². The molecule has 0 unspecified atom stereocenters. The number of sulfonamides is 1. The van der Waals surface area contributed by atoms with Crippen LogP contribution in [0.1, 0.15) is 24.4 Å². The van der Waals surface area contributed by atoms with Gasteiger partial charge in [-0.1, -0.05) is 0 Å². The van der Waals surface area contributed by atoms with E-state index in [-0.39, 0.29) is 10.9 Å². The van der Waals surface area contributed by atoms with E-state index in [0.29, 0.717) is 24.6 Å². The summed E-state index contributed by atoms with van der Waals surface area (Å²) in [5.74, 6) is 1.08. The number of nitrogens with zero attached hydrogens (tertiary/aromatic N) is 1. The fraction of sp³-hybridized carbons (Fsp3) is 0.636. The first-order valence-corrected chi connectivity index (χ1v) is 7.18. The first-order chi connectivity index (χ1) is 7.91. The van der Waals surface area contributed by atoms with Crippen molar-refractivity contribution >= 4 is 10.0 Å². The molecule has 1 fully saturated rings. The molecule has 0 aromatic carbocycles. The van der Waals surface area contributed by atoms with Gasteiger partial charge < -0.3 is 10.2 Å². The molecular formula is C11H18N2O3S. The quantitative estimate of drug-likeness (QED) is 0.859. The van der Waals surface area contributed by atoms with Crippen LogP contribution in [0.25, 0.3) is 0 Å². The second-order valence-electron chi connectivity index (χ2n) is 4.52. The maximum Gasteiger partial charge on any atom is 0.246 e. The molecule has 1 aliphatic rings. The van der Waals surface area contributed by atoms with Crippen LogP contribution >= 0.6 is 0 Å². The van der Waals surface area contributed by atoms with Crippen molar-refractivity contribution in [3.8, 4) is 0 Å². The summed E-state index contributed by atoms with van der Waals surface area (Å²) in [7, 11) is -3.41. The molecule has 1 aliphatic heterocycles. The monoisotopic (exact) mass is 258 g/mol. The molecule has 2 N–H and O–H groups in total. The first-order valence-electron chi connectivity index (χ1n) is 5.74. The lowest BCUT2D eigenvalue weighted by Gasteiger charge is -2.28. The van der Waals surface area contributed by atoms with E-state index in [0.717, 1.165) is 12.8 Å². The minimum Gasteiger partial charge on any atom is -0.465 e. The van der Waals surface area contributed by atoms with Crippen molar-refractivity contribution in [3.63, 3.8) is 0 Å². The lowest BCUT2D eigenvalue weighted by molar-refractivity contribution is 0.319. The van der Waals surface area contributed by atoms with E-state index in [1.54, 1.807) is 19.9 Å². The van der Waals surface area contributed by atoms with Gasteiger partial charge in [0, 0.05) is 19.1 Å². The van der Waals surface area contributed by atoms with Crippen molar-refractivity contribution in [2.75, 3.05) is 13.1 Å². The lowest BCUT2D eigenvalue weighted by Crippen LogP contribution is -2.42. The third-order valence-corrected chi connectivity index (χ3v) is 5.12. The minimum atomic E-state index is -3.41. The van der Waals surface area contributed by atoms with Crippen molar-refractivity contribution in [1.82, 2.24) is 4.31 Å². The maximum absolute atomic E-state index is 12.4. The van der Waals surface area contributed by atoms with Crippen LogP contribution in [-0.2, 0) is 10.0 Å². The Bertz CT molecular complexity index is 499. The van der Waals surface area contributed by atoms with E-state index in [1.807, 2.05) is 0 Å². The van der Waals surface area contributed by atoms with Crippen LogP contribution in [0.5, 0.6) is 0 Å². The summed E-state index contributed by atoms with van der Waals surface area (Å²) in [6.07, 6.45) is 1.43. The zero-order valence-electron chi connectivity index (χ0n) is 10.1. The van der Waals surface area contributed by atoms with Crippen LogP contribution in [0, 0.1) is 13.8 Å². The zero-order chi connectivity index (χ0) is 12.6. The molecule has 2 heterocycles. The molecular weight excluding hydrogens is 240 g/mol. The molecule has 0 bridgehead atoms. The van der Waals surface area contributed by atoms with Crippen LogP contribution in [0.2, 0.25) is 0 Å². The van der Waals surface area contributed by atoms with E-state index in [4.69, 9.17) is 10.2 Å². The largest absolute Gasteiger partial charge is 0.465 e. The van der Waals surface area contributed by atoms with Gasteiger partial charge in [0.1, 0.15) is 16.4 Å². The standard InChI is InChI=1S/C11H18N2O3S/c1-8-7-11(9(2)16-8)17(14,15)13-5-3-10(12)4-6-13/h7,10H,3-6,12H2,1-2H3. The lowest BCUT2D eigenvalue weighted by atomic mass is 10.1. The number of nitrogens with two attached hydrogens (primary N) is 1. The highest BCUT2D eigenvalue weighted by Crippen LogP contribution is 2.25. The summed E-state index contributed by atoms with van der Waals surface area (Å²) < 4.78 is 31.5. The number of aryl methyl sites for hydroxylation is 2. The summed E-state index contributed by atoms with van der Waals surface area (Å²) in [6, 6.07) is 1.70. The highest BCUT2D eigenvalue weighted by molar-refractivity contribution is 7.89. The van der Waals surface area contributed by atoms with E-state index in [2.05, 4.69) is 0 Å². The van der Waals surface area contributed by atoms with Gasteiger partial charge in [-0.05, 0) is 32.8 Å². The molecule has 17 heavy (non-hydrogen) atoms. The summed E-state index contributed by atoms with van der Waals surface area (Å²) in [5, 5.41) is 0. The van der Waals surface area contributed by atoms with Gasteiger partial charge in [-0.15, -0.1) is 0 Å². The molecule has 96 valence electrons. The Morgan fingerprint density at radius 2 is 1.94 bits per heavy atom. The molecule has 2 rings (SSSR count). The van der Waals surface area contributed by atoms with Gasteiger partial charge in [0.05, 0.1) is 0 Å². The van der Waals surface area contributed by atoms with Crippen LogP contribution in [0.3, 0.4) is 0 Å². The van der Waals surface area contributed by atoms with E-state index in [9.17, 15) is 8.42 Å². The Labute approximate surface area is 102 Å². The Balaban J connectivity index is 2.28. The number of hydrogen-bond donors (Lipinski definition) is 1. The molecule has 0 amide bonds. The molecule has 0 radical (unpaired) electrons. The zero-order valence-corrected chi connectivity index (χ0v) is 11.0. The van der Waals surface area contributed by atoms with Gasteiger partial charge in [-0.2, -0.15) is 4.31 Å². The first kappa shape index (κ1) is 12.6. The average molecular weight is 258 g/mol. The number of hydrogen-bond acceptors (Lipinski definition) is 4. The Hall–Kier alpha value is -0.850. The summed E-state index contributed by atoms with van der Waals surface area (Å²) in [4.78, 5) is 0.283. The normalized spacial score (nSPS) is 19.7. The van der Waals surface area contributed by atoms with Crippen LogP contribution in [0.4, 0.5) is 0 Å². The van der Waals surface area contributed by atoms with Crippen LogP contribution in [0.15, 0.2) is 15.4 Å². The van der Waals surface area contributed by atoms with E-state index < -0.39 is 10.0 Å². The van der Waals surface area contributed by atoms with Crippen molar-refractivity contribution in [1.29, 1.82) is 0 Å². The van der Waals surface area contributed by atoms with Crippen LogP contribution in [-0.4, -0.2) is 31.9 Å². The van der Waals surface area contributed by atoms with Crippen molar-refractivity contribution in [2.45, 2.75) is 37.6 Å². The van der Waals surface area contributed by atoms with Gasteiger partial charge in [0.25, 0.3) is 0 Å². The van der Waals surface area contributed by atoms with Gasteiger partial charge in [-0.25, -0.2) is 8.42 Å². The highest BCUT2D eigenvalue weighted by atomic mass is 32.2. The van der Waals surface area contributed by atoms with Crippen molar-refractivity contribution in [3.05, 3.63) is 17.6 Å². The Morgan fingerprint density at radius 3 is 2.41 bits per heavy atom. The highest BCUT2D eigenvalue weighted by Gasteiger charge is 2.30. The van der Waals surface area contributed by atoms with E-state index >= 15 is 0 Å². The molecule has 1 aromatic rings. The predicted molar refractivity (Wildman–Crippen MR) is 64.2 cm³/mol.